The largest absolute Gasteiger partial charge is 0.497 e. The number of thiazole rings is 1. The van der Waals surface area contributed by atoms with Gasteiger partial charge in [0.25, 0.3) is 5.56 Å². The molecule has 38 heavy (non-hydrogen) atoms. The number of hydrogen-bond donors (Lipinski definition) is 0. The second-order valence-corrected chi connectivity index (χ2v) is 9.26. The molecule has 4 rings (SSSR count). The fraction of sp³-hybridized carbons (Fsp3) is 0.321. The van der Waals surface area contributed by atoms with Crippen LogP contribution in [0.3, 0.4) is 0 Å². The highest BCUT2D eigenvalue weighted by atomic mass is 32.1. The van der Waals surface area contributed by atoms with E-state index < -0.39 is 12.0 Å². The smallest absolute Gasteiger partial charge is 0.338 e. The van der Waals surface area contributed by atoms with E-state index in [1.807, 2.05) is 19.1 Å². The van der Waals surface area contributed by atoms with Crippen molar-refractivity contribution < 1.29 is 28.5 Å². The molecule has 1 aliphatic rings. The fourth-order valence-corrected chi connectivity index (χ4v) is 5.35. The van der Waals surface area contributed by atoms with Gasteiger partial charge in [-0.25, -0.2) is 9.79 Å². The third-order valence-corrected chi connectivity index (χ3v) is 7.03. The van der Waals surface area contributed by atoms with Gasteiger partial charge in [0.15, 0.2) is 16.3 Å². The molecule has 0 amide bonds. The number of esters is 1. The zero-order valence-electron chi connectivity index (χ0n) is 22.2. The normalized spacial score (nSPS) is 15.0. The Morgan fingerprint density at radius 3 is 2.42 bits per heavy atom. The first-order chi connectivity index (χ1) is 18.4. The van der Waals surface area contributed by atoms with Gasteiger partial charge in [0, 0.05) is 11.6 Å². The third-order valence-electron chi connectivity index (χ3n) is 6.05. The molecule has 0 radical (unpaired) electrons. The standard InChI is InChI=1S/C28H30N2O7S/c1-7-36-22-13-18(10-12-20(22)34-5)25-24(27(32)37-8-2)16(3)29-28-30(25)26(31)23(38-28)14-17-9-11-19(33-4)15-21(17)35-6/h9-15,25H,7-8H2,1-6H3/b23-14+. The molecule has 10 heteroatoms. The molecule has 1 atom stereocenters. The van der Waals surface area contributed by atoms with Gasteiger partial charge in [-0.15, -0.1) is 0 Å². The van der Waals surface area contributed by atoms with Crippen molar-refractivity contribution in [3.63, 3.8) is 0 Å². The number of nitrogens with zero attached hydrogens (tertiary/aromatic N) is 2. The van der Waals surface area contributed by atoms with Crippen LogP contribution in [-0.2, 0) is 9.53 Å². The van der Waals surface area contributed by atoms with Crippen LogP contribution in [0, 0.1) is 0 Å². The predicted molar refractivity (Wildman–Crippen MR) is 144 cm³/mol. The Morgan fingerprint density at radius 1 is 1.00 bits per heavy atom. The van der Waals surface area contributed by atoms with Crippen LogP contribution in [0.25, 0.3) is 6.08 Å². The number of methoxy groups -OCH3 is 3. The second kappa shape index (κ2) is 11.6. The average Bonchev–Trinajstić information content (AvgIpc) is 3.22. The highest BCUT2D eigenvalue weighted by molar-refractivity contribution is 7.07. The zero-order chi connectivity index (χ0) is 27.4. The van der Waals surface area contributed by atoms with E-state index in [1.165, 1.54) is 15.9 Å². The molecule has 3 aromatic rings. The minimum absolute atomic E-state index is 0.191. The van der Waals surface area contributed by atoms with E-state index in [0.717, 1.165) is 0 Å². The monoisotopic (exact) mass is 538 g/mol. The summed E-state index contributed by atoms with van der Waals surface area (Å²) in [6.07, 6.45) is 1.75. The molecule has 1 aliphatic heterocycles. The van der Waals surface area contributed by atoms with Crippen LogP contribution in [0.15, 0.2) is 57.5 Å². The lowest BCUT2D eigenvalue weighted by Gasteiger charge is -2.25. The van der Waals surface area contributed by atoms with E-state index in [0.29, 0.717) is 61.3 Å². The van der Waals surface area contributed by atoms with Gasteiger partial charge in [0.2, 0.25) is 0 Å². The fourth-order valence-electron chi connectivity index (χ4n) is 4.32. The lowest BCUT2D eigenvalue weighted by Crippen LogP contribution is -2.40. The summed E-state index contributed by atoms with van der Waals surface area (Å²) in [4.78, 5) is 32.1. The Labute approximate surface area is 224 Å². The molecule has 0 saturated heterocycles. The molecular formula is C28H30N2O7S. The lowest BCUT2D eigenvalue weighted by atomic mass is 9.95. The van der Waals surface area contributed by atoms with Crippen LogP contribution in [0.1, 0.15) is 37.9 Å². The van der Waals surface area contributed by atoms with Gasteiger partial charge in [-0.05, 0) is 56.7 Å². The van der Waals surface area contributed by atoms with Gasteiger partial charge in [-0.3, -0.25) is 9.36 Å². The van der Waals surface area contributed by atoms with Crippen LogP contribution >= 0.6 is 11.3 Å². The highest BCUT2D eigenvalue weighted by Crippen LogP contribution is 2.36. The van der Waals surface area contributed by atoms with Crippen LogP contribution < -0.4 is 33.8 Å². The van der Waals surface area contributed by atoms with Crippen LogP contribution in [0.4, 0.5) is 0 Å². The van der Waals surface area contributed by atoms with Crippen molar-refractivity contribution in [2.75, 3.05) is 34.5 Å². The van der Waals surface area contributed by atoms with E-state index >= 15 is 0 Å². The minimum atomic E-state index is -0.768. The SMILES string of the molecule is CCOC(=O)C1=C(C)N=c2s/c(=C/c3ccc(OC)cc3OC)c(=O)n2C1c1ccc(OC)c(OCC)c1. The van der Waals surface area contributed by atoms with E-state index in [1.54, 1.807) is 65.5 Å². The van der Waals surface area contributed by atoms with Crippen molar-refractivity contribution in [2.24, 2.45) is 4.99 Å². The summed E-state index contributed by atoms with van der Waals surface area (Å²) in [5.41, 5.74) is 1.86. The Hall–Kier alpha value is -4.05. The first-order valence-corrected chi connectivity index (χ1v) is 12.9. The van der Waals surface area contributed by atoms with Gasteiger partial charge in [-0.1, -0.05) is 17.4 Å². The Kier molecular flexibility index (Phi) is 8.21. The molecule has 0 N–H and O–H groups in total. The van der Waals surface area contributed by atoms with Crippen molar-refractivity contribution in [2.45, 2.75) is 26.8 Å². The number of carbonyl (C=O) groups is 1. The number of aromatic nitrogens is 1. The quantitative estimate of drug-likeness (QED) is 0.386. The molecule has 1 aromatic heterocycles. The molecule has 0 bridgehead atoms. The molecule has 200 valence electrons. The maximum absolute atomic E-state index is 13.9. The lowest BCUT2D eigenvalue weighted by molar-refractivity contribution is -0.139. The molecule has 0 saturated carbocycles. The van der Waals surface area contributed by atoms with Gasteiger partial charge >= 0.3 is 5.97 Å². The maximum atomic E-state index is 13.9. The number of allylic oxidation sites excluding steroid dienone is 1. The third kappa shape index (κ3) is 5.04. The van der Waals surface area contributed by atoms with Gasteiger partial charge < -0.3 is 23.7 Å². The van der Waals surface area contributed by atoms with E-state index in [2.05, 4.69) is 4.99 Å². The van der Waals surface area contributed by atoms with Crippen molar-refractivity contribution >= 4 is 23.4 Å². The summed E-state index contributed by atoms with van der Waals surface area (Å²) in [5.74, 6) is 1.73. The van der Waals surface area contributed by atoms with Gasteiger partial charge in [-0.2, -0.15) is 0 Å². The summed E-state index contributed by atoms with van der Waals surface area (Å²) in [7, 11) is 4.69. The molecule has 0 fully saturated rings. The number of fused-ring (bicyclic) bond motifs is 1. The number of carbonyl (C=O) groups excluding carboxylic acids is 1. The summed E-state index contributed by atoms with van der Waals surface area (Å²) >= 11 is 1.24. The second-order valence-electron chi connectivity index (χ2n) is 8.25. The first-order valence-electron chi connectivity index (χ1n) is 12.1. The Bertz CT molecular complexity index is 1570. The topological polar surface area (TPSA) is 97.6 Å². The van der Waals surface area contributed by atoms with Gasteiger partial charge in [0.05, 0.1) is 56.4 Å². The van der Waals surface area contributed by atoms with Crippen LogP contribution in [-0.4, -0.2) is 45.1 Å². The number of ether oxygens (including phenoxy) is 5. The van der Waals surface area contributed by atoms with E-state index in [9.17, 15) is 9.59 Å². The van der Waals surface area contributed by atoms with E-state index in [-0.39, 0.29) is 12.2 Å². The summed E-state index contributed by atoms with van der Waals surface area (Å²) in [6.45, 7) is 5.97. The summed E-state index contributed by atoms with van der Waals surface area (Å²) in [5, 5.41) is 0. The summed E-state index contributed by atoms with van der Waals surface area (Å²) in [6, 6.07) is 9.96. The van der Waals surface area contributed by atoms with Crippen molar-refractivity contribution in [3.8, 4) is 23.0 Å². The molecule has 0 spiro atoms. The van der Waals surface area contributed by atoms with Crippen molar-refractivity contribution in [1.82, 2.24) is 4.57 Å². The minimum Gasteiger partial charge on any atom is -0.497 e. The average molecular weight is 539 g/mol. The van der Waals surface area contributed by atoms with E-state index in [4.69, 9.17) is 23.7 Å². The Morgan fingerprint density at radius 2 is 1.76 bits per heavy atom. The molecule has 2 aromatic carbocycles. The molecule has 0 aliphatic carbocycles. The van der Waals surface area contributed by atoms with Crippen LogP contribution in [0.5, 0.6) is 23.0 Å². The predicted octanol–water partition coefficient (Wildman–Crippen LogP) is 3.22. The van der Waals surface area contributed by atoms with Crippen molar-refractivity contribution in [3.05, 3.63) is 78.5 Å². The Balaban J connectivity index is 1.96. The molecule has 1 unspecified atom stereocenters. The van der Waals surface area contributed by atoms with Crippen LogP contribution in [0.2, 0.25) is 0 Å². The molecular weight excluding hydrogens is 508 g/mol. The van der Waals surface area contributed by atoms with Gasteiger partial charge in [0.1, 0.15) is 11.5 Å². The number of rotatable bonds is 9. The van der Waals surface area contributed by atoms with Crippen molar-refractivity contribution in [1.29, 1.82) is 0 Å². The molecule has 2 heterocycles. The first kappa shape index (κ1) is 27.0. The molecule has 9 nitrogen and oxygen atoms in total. The highest BCUT2D eigenvalue weighted by Gasteiger charge is 2.34. The maximum Gasteiger partial charge on any atom is 0.338 e. The number of benzene rings is 2. The number of hydrogen-bond acceptors (Lipinski definition) is 9. The summed E-state index contributed by atoms with van der Waals surface area (Å²) < 4.78 is 29.4. The zero-order valence-corrected chi connectivity index (χ0v) is 23.0.